The van der Waals surface area contributed by atoms with Crippen molar-refractivity contribution >= 4 is 44.5 Å². The number of rotatable bonds is 5. The minimum Gasteiger partial charge on any atom is -0.465 e. The van der Waals surface area contributed by atoms with Gasteiger partial charge in [0, 0.05) is 22.6 Å². The fourth-order valence-corrected chi connectivity index (χ4v) is 3.51. The number of halogens is 1. The molecule has 0 aliphatic rings. The lowest BCUT2D eigenvalue weighted by molar-refractivity contribution is -0.116. The van der Waals surface area contributed by atoms with Gasteiger partial charge in [-0.2, -0.15) is 0 Å². The molecule has 0 bridgehead atoms. The average molecular weight is 510 g/mol. The van der Waals surface area contributed by atoms with Crippen molar-refractivity contribution in [1.29, 1.82) is 0 Å². The number of benzene rings is 1. The largest absolute Gasteiger partial charge is 0.465 e. The molecule has 33 heavy (non-hydrogen) atoms. The Morgan fingerprint density at radius 2 is 1.73 bits per heavy atom. The van der Waals surface area contributed by atoms with Crippen LogP contribution < -0.4 is 16.6 Å². The van der Waals surface area contributed by atoms with Crippen LogP contribution in [0.15, 0.2) is 75.0 Å². The highest BCUT2D eigenvalue weighted by Gasteiger charge is 2.22. The van der Waals surface area contributed by atoms with Gasteiger partial charge in [-0.05, 0) is 48.5 Å². The number of ether oxygens (including phenoxy) is 1. The van der Waals surface area contributed by atoms with Crippen LogP contribution in [-0.4, -0.2) is 38.1 Å². The van der Waals surface area contributed by atoms with Gasteiger partial charge in [0.15, 0.2) is 5.82 Å². The Bertz CT molecular complexity index is 1490. The Balaban J connectivity index is 1.87. The van der Waals surface area contributed by atoms with Crippen molar-refractivity contribution in [2.24, 2.45) is 0 Å². The normalized spacial score (nSPS) is 10.7. The summed E-state index contributed by atoms with van der Waals surface area (Å²) >= 11 is 3.32. The molecule has 0 saturated heterocycles. The maximum absolute atomic E-state index is 13.4. The van der Waals surface area contributed by atoms with Crippen molar-refractivity contribution < 1.29 is 14.3 Å². The molecule has 166 valence electrons. The molecule has 0 unspecified atom stereocenters. The highest BCUT2D eigenvalue weighted by Crippen LogP contribution is 2.15. The van der Waals surface area contributed by atoms with Crippen LogP contribution in [0.3, 0.4) is 0 Å². The van der Waals surface area contributed by atoms with Crippen LogP contribution in [0.25, 0.3) is 16.9 Å². The minimum atomic E-state index is -0.874. The molecule has 3 heterocycles. The number of esters is 1. The summed E-state index contributed by atoms with van der Waals surface area (Å²) in [4.78, 5) is 59.7. The van der Waals surface area contributed by atoms with E-state index in [1.165, 1.54) is 43.8 Å². The van der Waals surface area contributed by atoms with Crippen molar-refractivity contribution in [1.82, 2.24) is 19.1 Å². The molecule has 11 heteroatoms. The van der Waals surface area contributed by atoms with Crippen molar-refractivity contribution in [3.8, 4) is 5.82 Å². The number of carbonyl (C=O) groups is 2. The predicted octanol–water partition coefficient (Wildman–Crippen LogP) is 2.13. The van der Waals surface area contributed by atoms with Gasteiger partial charge in [-0.15, -0.1) is 0 Å². The first-order valence-corrected chi connectivity index (χ1v) is 10.4. The van der Waals surface area contributed by atoms with Gasteiger partial charge in [0.05, 0.1) is 12.5 Å². The first-order chi connectivity index (χ1) is 15.9. The summed E-state index contributed by atoms with van der Waals surface area (Å²) in [5, 5.41) is 2.78. The lowest BCUT2D eigenvalue weighted by atomic mass is 10.2. The van der Waals surface area contributed by atoms with Crippen molar-refractivity contribution in [2.45, 2.75) is 6.54 Å². The topological polar surface area (TPSA) is 125 Å². The predicted molar refractivity (Wildman–Crippen MR) is 124 cm³/mol. The zero-order valence-electron chi connectivity index (χ0n) is 17.2. The Kier molecular flexibility index (Phi) is 6.13. The van der Waals surface area contributed by atoms with E-state index in [0.717, 1.165) is 13.6 Å². The van der Waals surface area contributed by atoms with E-state index in [0.29, 0.717) is 5.69 Å². The summed E-state index contributed by atoms with van der Waals surface area (Å²) in [6.45, 7) is -0.427. The number of aromatic nitrogens is 4. The number of nitrogens with one attached hydrogen (secondary N) is 1. The second-order valence-corrected chi connectivity index (χ2v) is 7.72. The SMILES string of the molecule is COC(=O)c1cccnc1-n1c(=O)c2cccnc2n(CC(=O)Nc2ccc(Br)cc2)c1=O. The maximum atomic E-state index is 13.4. The van der Waals surface area contributed by atoms with Gasteiger partial charge in [0.1, 0.15) is 17.8 Å². The second-order valence-electron chi connectivity index (χ2n) is 6.81. The number of carbonyl (C=O) groups excluding carboxylic acids is 2. The van der Waals surface area contributed by atoms with E-state index in [4.69, 9.17) is 4.74 Å². The summed E-state index contributed by atoms with van der Waals surface area (Å²) in [5.41, 5.74) is -1.12. The molecule has 1 amide bonds. The van der Waals surface area contributed by atoms with E-state index < -0.39 is 29.7 Å². The number of nitrogens with zero attached hydrogens (tertiary/aromatic N) is 4. The summed E-state index contributed by atoms with van der Waals surface area (Å²) < 4.78 is 7.39. The molecule has 10 nitrogen and oxygen atoms in total. The molecule has 0 saturated carbocycles. The van der Waals surface area contributed by atoms with Crippen LogP contribution in [-0.2, 0) is 16.1 Å². The molecule has 0 atom stereocenters. The molecular formula is C22H16BrN5O5. The minimum absolute atomic E-state index is 0.0326. The Labute approximate surface area is 194 Å². The fraction of sp³-hybridized carbons (Fsp3) is 0.0909. The maximum Gasteiger partial charge on any atom is 0.341 e. The summed E-state index contributed by atoms with van der Waals surface area (Å²) in [7, 11) is 1.18. The molecule has 1 N–H and O–H groups in total. The van der Waals surface area contributed by atoms with E-state index >= 15 is 0 Å². The summed E-state index contributed by atoms with van der Waals surface area (Å²) in [6.07, 6.45) is 2.75. The lowest BCUT2D eigenvalue weighted by Crippen LogP contribution is -2.42. The number of methoxy groups -OCH3 is 1. The van der Waals surface area contributed by atoms with E-state index in [1.807, 2.05) is 0 Å². The molecular weight excluding hydrogens is 494 g/mol. The fourth-order valence-electron chi connectivity index (χ4n) is 3.25. The smallest absolute Gasteiger partial charge is 0.341 e. The van der Waals surface area contributed by atoms with Gasteiger partial charge < -0.3 is 10.1 Å². The van der Waals surface area contributed by atoms with Gasteiger partial charge in [-0.25, -0.2) is 24.1 Å². The van der Waals surface area contributed by atoms with Gasteiger partial charge in [0.2, 0.25) is 5.91 Å². The molecule has 0 fully saturated rings. The Hall–Kier alpha value is -4.12. The monoisotopic (exact) mass is 509 g/mol. The van der Waals surface area contributed by atoms with Crippen molar-refractivity contribution in [2.75, 3.05) is 12.4 Å². The molecule has 0 spiro atoms. The quantitative estimate of drug-likeness (QED) is 0.408. The Morgan fingerprint density at radius 3 is 2.45 bits per heavy atom. The van der Waals surface area contributed by atoms with Crippen molar-refractivity contribution in [3.63, 3.8) is 0 Å². The van der Waals surface area contributed by atoms with Crippen LogP contribution in [0.2, 0.25) is 0 Å². The van der Waals surface area contributed by atoms with Crippen LogP contribution in [0, 0.1) is 0 Å². The van der Waals surface area contributed by atoms with E-state index in [-0.39, 0.29) is 22.4 Å². The van der Waals surface area contributed by atoms with E-state index in [1.54, 1.807) is 24.3 Å². The number of fused-ring (bicyclic) bond motifs is 1. The first kappa shape index (κ1) is 22.1. The van der Waals surface area contributed by atoms with Crippen LogP contribution in [0.4, 0.5) is 5.69 Å². The zero-order chi connectivity index (χ0) is 23.5. The van der Waals surface area contributed by atoms with E-state index in [2.05, 4.69) is 31.2 Å². The summed E-state index contributed by atoms with van der Waals surface area (Å²) in [6, 6.07) is 12.8. The third-order valence-electron chi connectivity index (χ3n) is 4.73. The standard InChI is InChI=1S/C22H16BrN5O5/c1-33-21(31)16-5-3-11-25-19(16)28-20(30)15-4-2-10-24-18(15)27(22(28)32)12-17(29)26-14-8-6-13(23)7-9-14/h2-11H,12H2,1H3,(H,26,29). The third kappa shape index (κ3) is 4.30. The number of anilines is 1. The first-order valence-electron chi connectivity index (χ1n) is 9.60. The number of amides is 1. The van der Waals surface area contributed by atoms with Crippen LogP contribution >= 0.6 is 15.9 Å². The van der Waals surface area contributed by atoms with Crippen molar-refractivity contribution in [3.05, 3.63) is 91.8 Å². The van der Waals surface area contributed by atoms with E-state index in [9.17, 15) is 19.2 Å². The highest BCUT2D eigenvalue weighted by molar-refractivity contribution is 9.10. The van der Waals surface area contributed by atoms with Crippen LogP contribution in [0.5, 0.6) is 0 Å². The molecule has 4 aromatic rings. The lowest BCUT2D eigenvalue weighted by Gasteiger charge is -2.14. The number of pyridine rings is 2. The number of hydrogen-bond donors (Lipinski definition) is 1. The third-order valence-corrected chi connectivity index (χ3v) is 5.26. The molecule has 0 radical (unpaired) electrons. The molecule has 1 aromatic carbocycles. The van der Waals surface area contributed by atoms with Gasteiger partial charge >= 0.3 is 11.7 Å². The molecule has 3 aromatic heterocycles. The number of hydrogen-bond acceptors (Lipinski definition) is 7. The summed E-state index contributed by atoms with van der Waals surface area (Å²) in [5.74, 6) is -1.48. The zero-order valence-corrected chi connectivity index (χ0v) is 18.8. The molecule has 0 aliphatic heterocycles. The molecule has 0 aliphatic carbocycles. The second kappa shape index (κ2) is 9.17. The Morgan fingerprint density at radius 1 is 1.03 bits per heavy atom. The molecule has 4 rings (SSSR count). The van der Waals surface area contributed by atoms with Gasteiger partial charge in [0.25, 0.3) is 5.56 Å². The van der Waals surface area contributed by atoms with Gasteiger partial charge in [-0.3, -0.25) is 14.2 Å². The van der Waals surface area contributed by atoms with Gasteiger partial charge in [-0.1, -0.05) is 15.9 Å². The average Bonchev–Trinajstić information content (AvgIpc) is 2.83. The van der Waals surface area contributed by atoms with Crippen LogP contribution in [0.1, 0.15) is 10.4 Å². The highest BCUT2D eigenvalue weighted by atomic mass is 79.9.